The molecule has 0 aromatic heterocycles. The molecular weight excluding hydrogens is 243 g/mol. The Bertz CT molecular complexity index is 561. The second-order valence-electron chi connectivity index (χ2n) is 4.10. The van der Waals surface area contributed by atoms with Crippen LogP contribution in [-0.2, 0) is 10.0 Å². The predicted octanol–water partition coefficient (Wildman–Crippen LogP) is 1.75. The topological polar surface area (TPSA) is 61.2 Å². The SMILES string of the molecule is CN(C(C)(C)C#N)S(=O)(=O)c1cccc(F)c1. The summed E-state index contributed by atoms with van der Waals surface area (Å²) >= 11 is 0. The van der Waals surface area contributed by atoms with Crippen LogP contribution >= 0.6 is 0 Å². The summed E-state index contributed by atoms with van der Waals surface area (Å²) < 4.78 is 38.1. The van der Waals surface area contributed by atoms with Crippen molar-refractivity contribution in [1.82, 2.24) is 4.31 Å². The van der Waals surface area contributed by atoms with E-state index in [0.717, 1.165) is 16.4 Å². The lowest BCUT2D eigenvalue weighted by atomic mass is 10.1. The van der Waals surface area contributed by atoms with Crippen LogP contribution in [0.25, 0.3) is 0 Å². The third kappa shape index (κ3) is 2.62. The maximum atomic E-state index is 13.0. The minimum Gasteiger partial charge on any atom is -0.207 e. The molecule has 1 rings (SSSR count). The van der Waals surface area contributed by atoms with Crippen molar-refractivity contribution in [3.8, 4) is 6.07 Å². The van der Waals surface area contributed by atoms with E-state index in [4.69, 9.17) is 5.26 Å². The van der Waals surface area contributed by atoms with Gasteiger partial charge in [0.1, 0.15) is 11.4 Å². The first-order valence-electron chi connectivity index (χ1n) is 4.87. The molecule has 0 fully saturated rings. The van der Waals surface area contributed by atoms with E-state index in [1.54, 1.807) is 0 Å². The summed E-state index contributed by atoms with van der Waals surface area (Å²) in [5.41, 5.74) is -1.19. The highest BCUT2D eigenvalue weighted by Gasteiger charge is 2.34. The Labute approximate surface area is 100 Å². The van der Waals surface area contributed by atoms with E-state index in [-0.39, 0.29) is 4.90 Å². The van der Waals surface area contributed by atoms with Crippen molar-refractivity contribution in [1.29, 1.82) is 5.26 Å². The highest BCUT2D eigenvalue weighted by molar-refractivity contribution is 7.89. The van der Waals surface area contributed by atoms with Crippen LogP contribution in [0.5, 0.6) is 0 Å². The fourth-order valence-corrected chi connectivity index (χ4v) is 2.63. The van der Waals surface area contributed by atoms with Crippen molar-refractivity contribution in [2.45, 2.75) is 24.3 Å². The second-order valence-corrected chi connectivity index (χ2v) is 6.07. The standard InChI is InChI=1S/C11H13FN2O2S/c1-11(2,8-13)14(3)17(15,16)10-6-4-5-9(12)7-10/h4-7H,1-3H3. The second kappa shape index (κ2) is 4.43. The van der Waals surface area contributed by atoms with Crippen molar-refractivity contribution >= 4 is 10.0 Å². The van der Waals surface area contributed by atoms with Crippen LogP contribution in [0.15, 0.2) is 29.2 Å². The molecule has 0 aliphatic heterocycles. The molecule has 6 heteroatoms. The molecule has 17 heavy (non-hydrogen) atoms. The molecule has 0 unspecified atom stereocenters. The van der Waals surface area contributed by atoms with Gasteiger partial charge >= 0.3 is 0 Å². The van der Waals surface area contributed by atoms with Gasteiger partial charge in [0.05, 0.1) is 11.0 Å². The molecule has 0 aliphatic rings. The molecule has 0 radical (unpaired) electrons. The molecule has 0 aliphatic carbocycles. The molecule has 0 saturated heterocycles. The van der Waals surface area contributed by atoms with Crippen LogP contribution in [0.1, 0.15) is 13.8 Å². The van der Waals surface area contributed by atoms with Crippen LogP contribution in [0.3, 0.4) is 0 Å². The van der Waals surface area contributed by atoms with Crippen molar-refractivity contribution in [3.05, 3.63) is 30.1 Å². The summed E-state index contributed by atoms with van der Waals surface area (Å²) in [6, 6.07) is 6.58. The van der Waals surface area contributed by atoms with Crippen LogP contribution < -0.4 is 0 Å². The van der Waals surface area contributed by atoms with E-state index in [2.05, 4.69) is 0 Å². The number of nitrogens with zero attached hydrogens (tertiary/aromatic N) is 2. The zero-order chi connectivity index (χ0) is 13.3. The minimum absolute atomic E-state index is 0.164. The first-order valence-corrected chi connectivity index (χ1v) is 6.31. The number of benzene rings is 1. The van der Waals surface area contributed by atoms with Gasteiger partial charge < -0.3 is 0 Å². The highest BCUT2D eigenvalue weighted by Crippen LogP contribution is 2.22. The molecule has 92 valence electrons. The van der Waals surface area contributed by atoms with Gasteiger partial charge in [-0.3, -0.25) is 0 Å². The number of hydrogen-bond donors (Lipinski definition) is 0. The fourth-order valence-electron chi connectivity index (χ4n) is 1.16. The van der Waals surface area contributed by atoms with Gasteiger partial charge in [0, 0.05) is 7.05 Å². The first kappa shape index (κ1) is 13.6. The van der Waals surface area contributed by atoms with Gasteiger partial charge in [0.25, 0.3) is 0 Å². The number of sulfonamides is 1. The van der Waals surface area contributed by atoms with E-state index < -0.39 is 21.4 Å². The molecule has 1 aromatic rings. The van der Waals surface area contributed by atoms with Gasteiger partial charge in [-0.25, -0.2) is 12.8 Å². The Balaban J connectivity index is 3.27. The lowest BCUT2D eigenvalue weighted by Gasteiger charge is -2.28. The Kier molecular flexibility index (Phi) is 3.55. The monoisotopic (exact) mass is 256 g/mol. The Morgan fingerprint density at radius 3 is 2.47 bits per heavy atom. The third-order valence-corrected chi connectivity index (χ3v) is 4.54. The molecular formula is C11H13FN2O2S. The smallest absolute Gasteiger partial charge is 0.207 e. The van der Waals surface area contributed by atoms with Gasteiger partial charge in [-0.15, -0.1) is 0 Å². The van der Waals surface area contributed by atoms with Crippen molar-refractivity contribution in [2.75, 3.05) is 7.05 Å². The Morgan fingerprint density at radius 2 is 2.00 bits per heavy atom. The van der Waals surface area contributed by atoms with E-state index in [1.807, 2.05) is 6.07 Å². The van der Waals surface area contributed by atoms with Crippen LogP contribution in [-0.4, -0.2) is 25.3 Å². The zero-order valence-electron chi connectivity index (χ0n) is 9.81. The van der Waals surface area contributed by atoms with E-state index >= 15 is 0 Å². The molecule has 1 aromatic carbocycles. The number of nitriles is 1. The molecule has 0 heterocycles. The highest BCUT2D eigenvalue weighted by atomic mass is 32.2. The average molecular weight is 256 g/mol. The maximum absolute atomic E-state index is 13.0. The normalized spacial score (nSPS) is 12.5. The molecule has 0 spiro atoms. The van der Waals surface area contributed by atoms with Crippen molar-refractivity contribution < 1.29 is 12.8 Å². The number of rotatable bonds is 3. The van der Waals surface area contributed by atoms with Gasteiger partial charge in [-0.1, -0.05) is 6.07 Å². The van der Waals surface area contributed by atoms with Gasteiger partial charge in [-0.2, -0.15) is 9.57 Å². The Morgan fingerprint density at radius 1 is 1.41 bits per heavy atom. The summed E-state index contributed by atoms with van der Waals surface area (Å²) in [7, 11) is -2.57. The molecule has 4 nitrogen and oxygen atoms in total. The van der Waals surface area contributed by atoms with Crippen LogP contribution in [0, 0.1) is 17.1 Å². The summed E-state index contributed by atoms with van der Waals surface area (Å²) in [5, 5.41) is 8.90. The molecule has 0 bridgehead atoms. The molecule has 0 amide bonds. The third-order valence-electron chi connectivity index (χ3n) is 2.52. The van der Waals surface area contributed by atoms with E-state index in [9.17, 15) is 12.8 Å². The van der Waals surface area contributed by atoms with Gasteiger partial charge in [0.15, 0.2) is 0 Å². The average Bonchev–Trinajstić information content (AvgIpc) is 2.28. The minimum atomic E-state index is -3.86. The summed E-state index contributed by atoms with van der Waals surface area (Å²) in [6.07, 6.45) is 0. The molecule has 0 N–H and O–H groups in total. The first-order chi connectivity index (χ1) is 7.71. The van der Waals surface area contributed by atoms with Crippen LogP contribution in [0.2, 0.25) is 0 Å². The van der Waals surface area contributed by atoms with Crippen molar-refractivity contribution in [3.63, 3.8) is 0 Å². The molecule has 0 saturated carbocycles. The summed E-state index contributed by atoms with van der Waals surface area (Å²) in [6.45, 7) is 2.95. The van der Waals surface area contributed by atoms with Gasteiger partial charge in [-0.05, 0) is 32.0 Å². The summed E-state index contributed by atoms with van der Waals surface area (Å²) in [4.78, 5) is -0.164. The lowest BCUT2D eigenvalue weighted by Crippen LogP contribution is -2.43. The maximum Gasteiger partial charge on any atom is 0.244 e. The zero-order valence-corrected chi connectivity index (χ0v) is 10.6. The Hall–Kier alpha value is -1.45. The quantitative estimate of drug-likeness (QED) is 0.827. The predicted molar refractivity (Wildman–Crippen MR) is 61.0 cm³/mol. The van der Waals surface area contributed by atoms with E-state index in [0.29, 0.717) is 0 Å². The van der Waals surface area contributed by atoms with Crippen LogP contribution in [0.4, 0.5) is 4.39 Å². The van der Waals surface area contributed by atoms with Crippen molar-refractivity contribution in [2.24, 2.45) is 0 Å². The number of hydrogen-bond acceptors (Lipinski definition) is 3. The van der Waals surface area contributed by atoms with Gasteiger partial charge in [0.2, 0.25) is 10.0 Å². The summed E-state index contributed by atoms with van der Waals surface area (Å²) in [5.74, 6) is -0.630. The molecule has 0 atom stereocenters. The lowest BCUT2D eigenvalue weighted by molar-refractivity contribution is 0.337. The largest absolute Gasteiger partial charge is 0.244 e. The fraction of sp³-hybridized carbons (Fsp3) is 0.364. The van der Waals surface area contributed by atoms with E-state index in [1.165, 1.54) is 33.0 Å². The number of halogens is 1.